The van der Waals surface area contributed by atoms with Gasteiger partial charge >= 0.3 is 0 Å². The van der Waals surface area contributed by atoms with Crippen molar-refractivity contribution in [2.75, 3.05) is 13.7 Å². The zero-order chi connectivity index (χ0) is 16.6. The van der Waals surface area contributed by atoms with Crippen molar-refractivity contribution in [3.8, 4) is 0 Å². The number of carbonyl (C=O) groups excluding carboxylic acids is 2. The van der Waals surface area contributed by atoms with Crippen molar-refractivity contribution in [2.45, 2.75) is 32.2 Å². The Kier molecular flexibility index (Phi) is 4.69. The molecular weight excluding hydrogens is 319 g/mol. The Labute approximate surface area is 140 Å². The van der Waals surface area contributed by atoms with Gasteiger partial charge in [-0.3, -0.25) is 9.59 Å². The van der Waals surface area contributed by atoms with E-state index in [9.17, 15) is 14.0 Å². The molecule has 2 fully saturated rings. The molecule has 1 aromatic carbocycles. The third-order valence-corrected chi connectivity index (χ3v) is 5.25. The first-order chi connectivity index (χ1) is 11.0. The van der Waals surface area contributed by atoms with Gasteiger partial charge in [-0.1, -0.05) is 30.5 Å². The van der Waals surface area contributed by atoms with Crippen LogP contribution in [0.4, 0.5) is 4.39 Å². The Bertz CT molecular complexity index is 593. The molecule has 0 aromatic heterocycles. The first-order valence-corrected chi connectivity index (χ1v) is 8.46. The second kappa shape index (κ2) is 6.57. The number of quaternary nitrogens is 1. The highest BCUT2D eigenvalue weighted by Gasteiger charge is 2.49. The van der Waals surface area contributed by atoms with Crippen LogP contribution < -0.4 is 4.90 Å². The molecule has 2 aliphatic rings. The molecule has 23 heavy (non-hydrogen) atoms. The van der Waals surface area contributed by atoms with Crippen molar-refractivity contribution in [1.82, 2.24) is 4.90 Å². The van der Waals surface area contributed by atoms with Crippen LogP contribution in [-0.4, -0.2) is 30.4 Å². The molecular formula is C17H21ClFN2O2+. The summed E-state index contributed by atoms with van der Waals surface area (Å²) in [6, 6.07) is 4.58. The molecule has 3 rings (SSSR count). The van der Waals surface area contributed by atoms with E-state index in [2.05, 4.69) is 0 Å². The number of carbonyl (C=O) groups is 2. The molecule has 4 nitrogen and oxygen atoms in total. The summed E-state index contributed by atoms with van der Waals surface area (Å²) in [6.07, 6.45) is 3.65. The number of nitrogens with one attached hydrogen (secondary N) is 1. The van der Waals surface area contributed by atoms with E-state index >= 15 is 0 Å². The van der Waals surface area contributed by atoms with Gasteiger partial charge in [0.1, 0.15) is 12.4 Å². The highest BCUT2D eigenvalue weighted by molar-refractivity contribution is 6.31. The van der Waals surface area contributed by atoms with E-state index in [1.807, 2.05) is 7.05 Å². The summed E-state index contributed by atoms with van der Waals surface area (Å²) in [4.78, 5) is 27.2. The first-order valence-electron chi connectivity index (χ1n) is 8.08. The molecule has 1 saturated carbocycles. The molecule has 2 amide bonds. The van der Waals surface area contributed by atoms with Crippen molar-refractivity contribution < 1.29 is 18.9 Å². The first kappa shape index (κ1) is 16.4. The van der Waals surface area contributed by atoms with Gasteiger partial charge in [0, 0.05) is 0 Å². The molecule has 0 bridgehead atoms. The van der Waals surface area contributed by atoms with Gasteiger partial charge in [0.05, 0.1) is 29.5 Å². The third kappa shape index (κ3) is 3.12. The highest BCUT2D eigenvalue weighted by atomic mass is 35.5. The van der Waals surface area contributed by atoms with Crippen molar-refractivity contribution in [1.29, 1.82) is 0 Å². The Balaban J connectivity index is 1.69. The fourth-order valence-corrected chi connectivity index (χ4v) is 3.95. The van der Waals surface area contributed by atoms with Crippen LogP contribution in [0.5, 0.6) is 0 Å². The number of nitrogens with zero attached hydrogens (tertiary/aromatic N) is 1. The van der Waals surface area contributed by atoms with E-state index in [4.69, 9.17) is 11.6 Å². The molecule has 124 valence electrons. The van der Waals surface area contributed by atoms with Crippen molar-refractivity contribution in [3.05, 3.63) is 34.6 Å². The minimum Gasteiger partial charge on any atom is -0.316 e. The molecule has 1 unspecified atom stereocenters. The molecule has 0 radical (unpaired) electrons. The number of halogens is 2. The molecule has 1 N–H and O–H groups in total. The Hall–Kier alpha value is -1.46. The maximum absolute atomic E-state index is 13.9. The molecule has 1 saturated heterocycles. The van der Waals surface area contributed by atoms with Gasteiger partial charge in [0.25, 0.3) is 0 Å². The second-order valence-electron chi connectivity index (χ2n) is 6.59. The number of likely N-dealkylation sites (tertiary alicyclic amines) is 1. The van der Waals surface area contributed by atoms with Gasteiger partial charge < -0.3 is 4.90 Å². The van der Waals surface area contributed by atoms with Crippen LogP contribution in [0.1, 0.15) is 31.2 Å². The number of rotatable bonds is 4. The Morgan fingerprint density at radius 3 is 2.39 bits per heavy atom. The lowest BCUT2D eigenvalue weighted by atomic mass is 9.81. The zero-order valence-corrected chi connectivity index (χ0v) is 13.9. The van der Waals surface area contributed by atoms with E-state index < -0.39 is 0 Å². The second-order valence-corrected chi connectivity index (χ2v) is 7.00. The van der Waals surface area contributed by atoms with Crippen molar-refractivity contribution in [3.63, 3.8) is 0 Å². The minimum atomic E-state index is -0.357. The Morgan fingerprint density at radius 1 is 1.22 bits per heavy atom. The number of fused-ring (bicyclic) bond motifs is 1. The monoisotopic (exact) mass is 339 g/mol. The number of amides is 2. The molecule has 1 heterocycles. The van der Waals surface area contributed by atoms with Gasteiger partial charge in [0.2, 0.25) is 11.8 Å². The number of hydrogen-bond donors (Lipinski definition) is 1. The standard InChI is InChI=1S/C17H20ClFN2O2/c1-20(9-13-14(18)7-4-8-15(13)19)10-21-16(22)11-5-2-3-6-12(11)17(21)23/h4,7-8,11-12H,2-3,5-6,9-10H2,1H3/p+1/t11-,12-/m0/s1. The predicted molar refractivity (Wildman–Crippen MR) is 84.2 cm³/mol. The molecule has 1 aliphatic heterocycles. The SMILES string of the molecule is C[NH+](Cc1c(F)cccc1Cl)CN1C(=O)[C@H]2CCCC[C@@H]2C1=O. The molecule has 1 aromatic rings. The summed E-state index contributed by atoms with van der Waals surface area (Å²) < 4.78 is 13.9. The van der Waals surface area contributed by atoms with Crippen LogP contribution in [0.25, 0.3) is 0 Å². The van der Waals surface area contributed by atoms with Crippen LogP contribution in [0.3, 0.4) is 0 Å². The maximum Gasteiger partial charge on any atom is 0.237 e. The van der Waals surface area contributed by atoms with E-state index in [0.717, 1.165) is 30.6 Å². The quantitative estimate of drug-likeness (QED) is 0.847. The zero-order valence-electron chi connectivity index (χ0n) is 13.1. The fourth-order valence-electron chi connectivity index (χ4n) is 3.72. The largest absolute Gasteiger partial charge is 0.316 e. The summed E-state index contributed by atoms with van der Waals surface area (Å²) in [5.74, 6) is -0.746. The normalized spacial score (nSPS) is 25.6. The van der Waals surface area contributed by atoms with Crippen molar-refractivity contribution in [2.24, 2.45) is 11.8 Å². The smallest absolute Gasteiger partial charge is 0.237 e. The van der Waals surface area contributed by atoms with Gasteiger partial charge in [-0.05, 0) is 25.0 Å². The van der Waals surface area contributed by atoms with E-state index in [0.29, 0.717) is 17.1 Å². The van der Waals surface area contributed by atoms with Crippen LogP contribution in [0.2, 0.25) is 5.02 Å². The number of benzene rings is 1. The summed E-state index contributed by atoms with van der Waals surface area (Å²) in [7, 11) is 1.84. The topological polar surface area (TPSA) is 41.8 Å². The number of hydrogen-bond acceptors (Lipinski definition) is 2. The van der Waals surface area contributed by atoms with Crippen LogP contribution in [-0.2, 0) is 16.1 Å². The van der Waals surface area contributed by atoms with Crippen LogP contribution in [0, 0.1) is 17.7 Å². The lowest BCUT2D eigenvalue weighted by Crippen LogP contribution is -3.09. The summed E-state index contributed by atoms with van der Waals surface area (Å²) in [5, 5.41) is 0.372. The highest BCUT2D eigenvalue weighted by Crippen LogP contribution is 2.37. The summed E-state index contributed by atoms with van der Waals surface area (Å²) >= 11 is 6.05. The average molecular weight is 340 g/mol. The van der Waals surface area contributed by atoms with Gasteiger partial charge in [-0.2, -0.15) is 0 Å². The fraction of sp³-hybridized carbons (Fsp3) is 0.529. The number of imide groups is 1. The lowest BCUT2D eigenvalue weighted by molar-refractivity contribution is -0.901. The van der Waals surface area contributed by atoms with Crippen LogP contribution in [0.15, 0.2) is 18.2 Å². The van der Waals surface area contributed by atoms with Crippen LogP contribution >= 0.6 is 11.6 Å². The van der Waals surface area contributed by atoms with Gasteiger partial charge in [-0.25, -0.2) is 9.29 Å². The molecule has 3 atom stereocenters. The van der Waals surface area contributed by atoms with E-state index in [1.165, 1.54) is 11.0 Å². The minimum absolute atomic E-state index is 0.0568. The van der Waals surface area contributed by atoms with E-state index in [1.54, 1.807) is 12.1 Å². The maximum atomic E-state index is 13.9. The average Bonchev–Trinajstić information content (AvgIpc) is 2.77. The molecule has 0 spiro atoms. The molecule has 1 aliphatic carbocycles. The lowest BCUT2D eigenvalue weighted by Gasteiger charge is -2.21. The van der Waals surface area contributed by atoms with Gasteiger partial charge in [-0.15, -0.1) is 0 Å². The van der Waals surface area contributed by atoms with Gasteiger partial charge in [0.15, 0.2) is 6.67 Å². The van der Waals surface area contributed by atoms with E-state index in [-0.39, 0.29) is 36.1 Å². The summed E-state index contributed by atoms with van der Waals surface area (Å²) in [6.45, 7) is 0.591. The third-order valence-electron chi connectivity index (χ3n) is 4.90. The van der Waals surface area contributed by atoms with Crippen molar-refractivity contribution >= 4 is 23.4 Å². The Morgan fingerprint density at radius 2 is 1.83 bits per heavy atom. The summed E-state index contributed by atoms with van der Waals surface area (Å²) in [5.41, 5.74) is 0.420. The predicted octanol–water partition coefficient (Wildman–Crippen LogP) is 1.63. The molecule has 6 heteroatoms.